The van der Waals surface area contributed by atoms with Gasteiger partial charge in [0.2, 0.25) is 17.7 Å². The van der Waals surface area contributed by atoms with Crippen molar-refractivity contribution in [1.82, 2.24) is 16.0 Å². The molecule has 0 bridgehead atoms. The number of aliphatic hydroxyl groups is 6. The summed E-state index contributed by atoms with van der Waals surface area (Å²) >= 11 is 0. The fourth-order valence-corrected chi connectivity index (χ4v) is 8.35. The van der Waals surface area contributed by atoms with Gasteiger partial charge in [-0.3, -0.25) is 14.4 Å². The monoisotopic (exact) mass is 843 g/mol. The van der Waals surface area contributed by atoms with Gasteiger partial charge in [0, 0.05) is 16.7 Å². The van der Waals surface area contributed by atoms with E-state index in [-0.39, 0.29) is 36.0 Å². The zero-order valence-electron chi connectivity index (χ0n) is 34.1. The van der Waals surface area contributed by atoms with Crippen LogP contribution in [0.5, 0.6) is 34.5 Å². The minimum Gasteiger partial charge on any atom is -0.504 e. The third-order valence-corrected chi connectivity index (χ3v) is 12.2. The van der Waals surface area contributed by atoms with E-state index in [9.17, 15) is 75.7 Å². The molecule has 4 rings (SSSR count). The van der Waals surface area contributed by atoms with Crippen molar-refractivity contribution in [2.75, 3.05) is 0 Å². The topological polar surface area (TPSA) is 330 Å². The van der Waals surface area contributed by atoms with Crippen LogP contribution in [0.15, 0.2) is 54.6 Å². The quantitative estimate of drug-likeness (QED) is 0.0932. The number of hydrogen-bond acceptors (Lipinski definition) is 15. The molecule has 1 fully saturated rings. The highest BCUT2D eigenvalue weighted by Gasteiger charge is 2.75. The second-order valence-electron chi connectivity index (χ2n) is 15.6. The van der Waals surface area contributed by atoms with Gasteiger partial charge in [-0.1, -0.05) is 57.2 Å². The molecular weight excluding hydrogens is 786 g/mol. The molecule has 6 atom stereocenters. The Morgan fingerprint density at radius 2 is 0.700 bits per heavy atom. The molecule has 1 aliphatic carbocycles. The molecule has 330 valence electrons. The Bertz CT molecular complexity index is 1810. The Labute approximate surface area is 346 Å². The minimum atomic E-state index is -3.24. The number of phenolic OH excluding ortho intramolecular Hbond substituents is 6. The van der Waals surface area contributed by atoms with Crippen LogP contribution in [0, 0.1) is 0 Å². The van der Waals surface area contributed by atoms with Crippen molar-refractivity contribution < 1.29 is 75.7 Å². The number of phenols is 6. The van der Waals surface area contributed by atoms with Crippen LogP contribution in [0.4, 0.5) is 0 Å². The van der Waals surface area contributed by atoms with E-state index >= 15 is 0 Å². The summed E-state index contributed by atoms with van der Waals surface area (Å²) in [6.45, 7) is 8.25. The first-order valence-electron chi connectivity index (χ1n) is 19.7. The van der Waals surface area contributed by atoms with Crippen molar-refractivity contribution in [2.45, 2.75) is 132 Å². The van der Waals surface area contributed by atoms with Gasteiger partial charge in [0.1, 0.15) is 35.1 Å². The van der Waals surface area contributed by atoms with E-state index in [0.717, 1.165) is 0 Å². The van der Waals surface area contributed by atoms with Gasteiger partial charge in [-0.15, -0.1) is 0 Å². The van der Waals surface area contributed by atoms with Gasteiger partial charge in [-0.25, -0.2) is 0 Å². The van der Waals surface area contributed by atoms with Crippen molar-refractivity contribution >= 4 is 17.7 Å². The normalized spacial score (nSPS) is 27.1. The molecule has 3 amide bonds. The van der Waals surface area contributed by atoms with Crippen LogP contribution >= 0.6 is 0 Å². The predicted octanol–water partition coefficient (Wildman–Crippen LogP) is 0.605. The van der Waals surface area contributed by atoms with E-state index in [1.165, 1.54) is 96.1 Å². The van der Waals surface area contributed by atoms with Gasteiger partial charge >= 0.3 is 0 Å². The van der Waals surface area contributed by atoms with Crippen molar-refractivity contribution in [3.63, 3.8) is 0 Å². The first kappa shape index (κ1) is 47.3. The molecule has 1 saturated carbocycles. The highest BCUT2D eigenvalue weighted by molar-refractivity contribution is 5.86. The van der Waals surface area contributed by atoms with Gasteiger partial charge < -0.3 is 77.2 Å². The zero-order valence-corrected chi connectivity index (χ0v) is 34.1. The van der Waals surface area contributed by atoms with Crippen LogP contribution in [0.25, 0.3) is 0 Å². The number of rotatable bonds is 15. The molecule has 3 aromatic carbocycles. The number of amides is 3. The highest BCUT2D eigenvalue weighted by atomic mass is 16.4. The fourth-order valence-electron chi connectivity index (χ4n) is 8.35. The molecule has 18 nitrogen and oxygen atoms in total. The van der Waals surface area contributed by atoms with Crippen LogP contribution in [0.1, 0.15) is 95.2 Å². The summed E-state index contributed by atoms with van der Waals surface area (Å²) in [5.41, 5.74) is -9.88. The maximum absolute atomic E-state index is 13.8. The maximum atomic E-state index is 13.8. The number of benzene rings is 3. The van der Waals surface area contributed by atoms with Crippen LogP contribution in [-0.4, -0.2) is 132 Å². The summed E-state index contributed by atoms with van der Waals surface area (Å²) in [4.78, 5) is 41.4. The third-order valence-electron chi connectivity index (χ3n) is 12.2. The van der Waals surface area contributed by atoms with E-state index in [4.69, 9.17) is 0 Å². The zero-order chi connectivity index (χ0) is 45.2. The number of carbonyl (C=O) groups is 3. The number of nitrogens with one attached hydrogen (secondary N) is 3. The van der Waals surface area contributed by atoms with E-state index in [1.54, 1.807) is 0 Å². The van der Waals surface area contributed by atoms with E-state index in [1.807, 2.05) is 0 Å². The molecule has 3 aromatic rings. The van der Waals surface area contributed by atoms with Crippen molar-refractivity contribution in [1.29, 1.82) is 0 Å². The summed E-state index contributed by atoms with van der Waals surface area (Å²) in [5.74, 6) is -10.1. The Hall–Kier alpha value is -5.37. The number of para-hydroxylation sites is 3. The van der Waals surface area contributed by atoms with Crippen molar-refractivity contribution in [2.24, 2.45) is 0 Å². The largest absolute Gasteiger partial charge is 0.504 e. The van der Waals surface area contributed by atoms with Crippen molar-refractivity contribution in [3.8, 4) is 34.5 Å². The third kappa shape index (κ3) is 7.98. The summed E-state index contributed by atoms with van der Waals surface area (Å²) in [7, 11) is 0. The molecule has 0 aliphatic heterocycles. The Morgan fingerprint density at radius 1 is 0.483 bits per heavy atom. The van der Waals surface area contributed by atoms with Crippen LogP contribution in [-0.2, 0) is 14.4 Å². The molecule has 60 heavy (non-hydrogen) atoms. The molecule has 15 N–H and O–H groups in total. The summed E-state index contributed by atoms with van der Waals surface area (Å²) < 4.78 is 0. The average molecular weight is 844 g/mol. The van der Waals surface area contributed by atoms with E-state index < -0.39 is 123 Å². The number of carbonyl (C=O) groups excluding carboxylic acids is 3. The average Bonchev–Trinajstić information content (AvgIpc) is 3.23. The van der Waals surface area contributed by atoms with E-state index in [2.05, 4.69) is 16.0 Å². The van der Waals surface area contributed by atoms with E-state index in [0.29, 0.717) is 0 Å². The first-order chi connectivity index (χ1) is 28.0. The van der Waals surface area contributed by atoms with Gasteiger partial charge in [-0.2, -0.15) is 0 Å². The molecule has 0 spiro atoms. The Morgan fingerprint density at radius 3 is 0.900 bits per heavy atom. The maximum Gasteiger partial charge on any atom is 0.227 e. The van der Waals surface area contributed by atoms with Gasteiger partial charge in [0.05, 0.1) is 35.9 Å². The SMILES string of the molecule is CCC(NC(=O)C(C)c1cccc(O)c1O)C1(O)C(O)C(O)(C(CC)NC(=O)C(C)c2cccc(O)c2O)C(O)C(O)(C(CC)NC(=O)C(C)c2cccc(O)c2O)C1O. The Kier molecular flexibility index (Phi) is 14.3. The highest BCUT2D eigenvalue weighted by Crippen LogP contribution is 2.49. The number of hydrogen-bond donors (Lipinski definition) is 15. The number of aromatic hydroxyl groups is 6. The van der Waals surface area contributed by atoms with Crippen LogP contribution in [0.2, 0.25) is 0 Å². The lowest BCUT2D eigenvalue weighted by molar-refractivity contribution is -0.352. The molecule has 0 radical (unpaired) electrons. The molecule has 1 aliphatic rings. The summed E-state index contributed by atoms with van der Waals surface area (Å²) in [6, 6.07) is 6.19. The molecule has 6 unspecified atom stereocenters. The predicted molar refractivity (Wildman–Crippen MR) is 214 cm³/mol. The molecule has 18 heteroatoms. The lowest BCUT2D eigenvalue weighted by atomic mass is 9.55. The standard InChI is InChI=1S/C42H57N3O15/c1-7-28(43-34(52)19(4)22-13-10-16-25(46)31(22)49)40(58)37(55)41(59,29(8-2)44-35(53)20(5)23-14-11-17-26(47)32(23)50)39(57)42(60,38(40)56)30(9-3)45-36(54)21(6)24-15-12-18-27(48)33(24)51/h10-21,28-30,37-39,46-51,55-60H,7-9H2,1-6H3,(H,43,52)(H,44,53)(H,45,54). The second-order valence-corrected chi connectivity index (χ2v) is 15.6. The smallest absolute Gasteiger partial charge is 0.227 e. The molecular formula is C42H57N3O15. The van der Waals surface area contributed by atoms with Gasteiger partial charge in [0.15, 0.2) is 34.5 Å². The lowest BCUT2D eigenvalue weighted by Gasteiger charge is -2.63. The van der Waals surface area contributed by atoms with Gasteiger partial charge in [-0.05, 0) is 58.2 Å². The lowest BCUT2D eigenvalue weighted by Crippen LogP contribution is -2.90. The summed E-state index contributed by atoms with van der Waals surface area (Å²) in [6.07, 6.45) is -9.20. The minimum absolute atomic E-state index is 0.0520. The first-order valence-corrected chi connectivity index (χ1v) is 19.7. The second kappa shape index (κ2) is 18.1. The Balaban J connectivity index is 1.87. The van der Waals surface area contributed by atoms with Gasteiger partial charge in [0.25, 0.3) is 0 Å². The van der Waals surface area contributed by atoms with Crippen LogP contribution in [0.3, 0.4) is 0 Å². The molecule has 0 aromatic heterocycles. The van der Waals surface area contributed by atoms with Crippen LogP contribution < -0.4 is 16.0 Å². The molecule has 0 saturated heterocycles. The van der Waals surface area contributed by atoms with Crippen molar-refractivity contribution in [3.05, 3.63) is 71.3 Å². The fraction of sp³-hybridized carbons (Fsp3) is 0.500. The molecule has 0 heterocycles. The summed E-state index contributed by atoms with van der Waals surface area (Å²) in [5, 5.41) is 144. The number of aliphatic hydroxyl groups excluding tert-OH is 3.